The minimum atomic E-state index is 0.162. The smallest absolute Gasteiger partial charge is 0.272 e. The molecule has 2 aliphatic rings. The van der Waals surface area contributed by atoms with Crippen molar-refractivity contribution < 1.29 is 4.79 Å². The normalized spacial score (nSPS) is 26.7. The molecule has 5 nitrogen and oxygen atoms in total. The minimum absolute atomic E-state index is 0.162. The first-order valence-corrected chi connectivity index (χ1v) is 8.13. The van der Waals surface area contributed by atoms with Gasteiger partial charge in [-0.25, -0.2) is 0 Å². The van der Waals surface area contributed by atoms with Crippen molar-refractivity contribution in [2.75, 3.05) is 33.2 Å². The van der Waals surface area contributed by atoms with E-state index in [0.717, 1.165) is 51.3 Å². The number of hydrogen-bond donors (Lipinski definition) is 0. The molecule has 0 radical (unpaired) electrons. The lowest BCUT2D eigenvalue weighted by Crippen LogP contribution is -2.47. The van der Waals surface area contributed by atoms with E-state index in [-0.39, 0.29) is 5.91 Å². The monoisotopic (exact) mass is 290 g/mol. The maximum atomic E-state index is 12.8. The van der Waals surface area contributed by atoms with Crippen LogP contribution < -0.4 is 0 Å². The number of piperidine rings is 1. The van der Waals surface area contributed by atoms with Gasteiger partial charge in [-0.3, -0.25) is 9.48 Å². The zero-order valence-electron chi connectivity index (χ0n) is 13.2. The third-order valence-corrected chi connectivity index (χ3v) is 4.95. The molecule has 2 saturated heterocycles. The highest BCUT2D eigenvalue weighted by Gasteiger charge is 2.41. The molecule has 5 heteroatoms. The lowest BCUT2D eigenvalue weighted by molar-refractivity contribution is 0.0522. The molecule has 0 aromatic carbocycles. The predicted octanol–water partition coefficient (Wildman–Crippen LogP) is 1.85. The summed E-state index contributed by atoms with van der Waals surface area (Å²) in [5.41, 5.74) is 1.08. The van der Waals surface area contributed by atoms with E-state index in [1.165, 1.54) is 12.8 Å². The summed E-state index contributed by atoms with van der Waals surface area (Å²) in [4.78, 5) is 17.3. The van der Waals surface area contributed by atoms with Crippen molar-refractivity contribution >= 4 is 5.91 Å². The molecule has 0 bridgehead atoms. The number of carbonyl (C=O) groups excluding carboxylic acids is 1. The summed E-state index contributed by atoms with van der Waals surface area (Å²) in [7, 11) is 2.19. The Labute approximate surface area is 126 Å². The number of aromatic nitrogens is 2. The third-order valence-electron chi connectivity index (χ3n) is 4.95. The van der Waals surface area contributed by atoms with Crippen molar-refractivity contribution in [1.82, 2.24) is 19.6 Å². The van der Waals surface area contributed by atoms with Gasteiger partial charge in [-0.15, -0.1) is 0 Å². The number of hydrogen-bond acceptors (Lipinski definition) is 3. The summed E-state index contributed by atoms with van der Waals surface area (Å²) < 4.78 is 1.85. The lowest BCUT2D eigenvalue weighted by Gasteiger charge is -2.40. The highest BCUT2D eigenvalue weighted by Crippen LogP contribution is 2.38. The molecule has 1 amide bonds. The van der Waals surface area contributed by atoms with Gasteiger partial charge in [0.15, 0.2) is 0 Å². The van der Waals surface area contributed by atoms with Crippen LogP contribution >= 0.6 is 0 Å². The van der Waals surface area contributed by atoms with Crippen LogP contribution in [0.15, 0.2) is 12.3 Å². The fraction of sp³-hybridized carbons (Fsp3) is 0.750. The predicted molar refractivity (Wildman–Crippen MR) is 82.2 cm³/mol. The molecule has 1 aromatic heterocycles. The molecule has 1 aromatic rings. The van der Waals surface area contributed by atoms with Crippen LogP contribution in [0, 0.1) is 5.41 Å². The molecule has 3 rings (SSSR count). The molecule has 0 saturated carbocycles. The Balaban J connectivity index is 1.74. The second kappa shape index (κ2) is 5.79. The van der Waals surface area contributed by atoms with Crippen LogP contribution in [0.4, 0.5) is 0 Å². The maximum absolute atomic E-state index is 12.8. The average Bonchev–Trinajstić information content (AvgIpc) is 3.06. The van der Waals surface area contributed by atoms with Gasteiger partial charge in [0.05, 0.1) is 0 Å². The number of amides is 1. The topological polar surface area (TPSA) is 41.4 Å². The molecule has 1 spiro atoms. The van der Waals surface area contributed by atoms with Gasteiger partial charge in [0.1, 0.15) is 5.69 Å². The minimum Gasteiger partial charge on any atom is -0.337 e. The van der Waals surface area contributed by atoms with Crippen molar-refractivity contribution in [3.05, 3.63) is 18.0 Å². The largest absolute Gasteiger partial charge is 0.337 e. The number of nitrogens with zero attached hydrogens (tertiary/aromatic N) is 4. The van der Waals surface area contributed by atoms with E-state index in [0.29, 0.717) is 5.41 Å². The van der Waals surface area contributed by atoms with E-state index >= 15 is 0 Å². The van der Waals surface area contributed by atoms with Crippen molar-refractivity contribution in [2.24, 2.45) is 5.41 Å². The molecule has 116 valence electrons. The summed E-state index contributed by atoms with van der Waals surface area (Å²) in [6.45, 7) is 7.02. The van der Waals surface area contributed by atoms with Crippen LogP contribution in [0.1, 0.15) is 43.1 Å². The fourth-order valence-electron chi connectivity index (χ4n) is 3.94. The molecule has 0 aliphatic carbocycles. The molecular formula is C16H26N4O. The number of aryl methyl sites for hydroxylation is 1. The van der Waals surface area contributed by atoms with Gasteiger partial charge >= 0.3 is 0 Å². The van der Waals surface area contributed by atoms with Gasteiger partial charge < -0.3 is 9.80 Å². The number of rotatable bonds is 3. The summed E-state index contributed by atoms with van der Waals surface area (Å²) in [5.74, 6) is 0.162. The van der Waals surface area contributed by atoms with Crippen LogP contribution in [0.3, 0.4) is 0 Å². The maximum Gasteiger partial charge on any atom is 0.272 e. The van der Waals surface area contributed by atoms with Crippen LogP contribution in [0.5, 0.6) is 0 Å². The van der Waals surface area contributed by atoms with Gasteiger partial charge in [-0.05, 0) is 45.3 Å². The highest BCUT2D eigenvalue weighted by atomic mass is 16.2. The molecule has 3 heterocycles. The first-order chi connectivity index (χ1) is 10.1. The average molecular weight is 290 g/mol. The molecular weight excluding hydrogens is 264 g/mol. The Morgan fingerprint density at radius 2 is 2.19 bits per heavy atom. The number of carbonyl (C=O) groups is 1. The molecule has 21 heavy (non-hydrogen) atoms. The van der Waals surface area contributed by atoms with E-state index in [4.69, 9.17) is 0 Å². The summed E-state index contributed by atoms with van der Waals surface area (Å²) in [6.07, 6.45) is 6.35. The first-order valence-electron chi connectivity index (χ1n) is 8.13. The van der Waals surface area contributed by atoms with Gasteiger partial charge in [0.25, 0.3) is 5.91 Å². The Morgan fingerprint density at radius 3 is 2.90 bits per heavy atom. The van der Waals surface area contributed by atoms with Gasteiger partial charge in [0.2, 0.25) is 0 Å². The van der Waals surface area contributed by atoms with E-state index < -0.39 is 0 Å². The SMILES string of the molecule is CCCn1nccc1C(=O)N1CCCC2(CCN(C)C2)C1. The molecule has 1 atom stereocenters. The van der Waals surface area contributed by atoms with Crippen LogP contribution in [0.25, 0.3) is 0 Å². The van der Waals surface area contributed by atoms with E-state index in [2.05, 4.69) is 28.9 Å². The van der Waals surface area contributed by atoms with E-state index in [1.54, 1.807) is 6.20 Å². The molecule has 2 fully saturated rings. The summed E-state index contributed by atoms with van der Waals surface area (Å²) in [6, 6.07) is 1.86. The second-order valence-corrected chi connectivity index (χ2v) is 6.76. The molecule has 2 aliphatic heterocycles. The Morgan fingerprint density at radius 1 is 1.33 bits per heavy atom. The third kappa shape index (κ3) is 2.84. The standard InChI is InChI=1S/C16H26N4O/c1-3-9-20-14(5-8-17-20)15(21)19-10-4-6-16(13-19)7-11-18(2)12-16/h5,8H,3-4,6-7,9-13H2,1-2H3. The van der Waals surface area contributed by atoms with Crippen LogP contribution in [0.2, 0.25) is 0 Å². The van der Waals surface area contributed by atoms with Gasteiger partial charge in [-0.2, -0.15) is 5.10 Å². The lowest BCUT2D eigenvalue weighted by atomic mass is 9.79. The number of likely N-dealkylation sites (tertiary alicyclic amines) is 2. The van der Waals surface area contributed by atoms with E-state index in [1.807, 2.05) is 10.7 Å². The Kier molecular flexibility index (Phi) is 4.02. The molecule has 0 N–H and O–H groups in total. The Hall–Kier alpha value is -1.36. The zero-order valence-corrected chi connectivity index (χ0v) is 13.2. The van der Waals surface area contributed by atoms with Crippen molar-refractivity contribution in [3.63, 3.8) is 0 Å². The molecule has 1 unspecified atom stereocenters. The van der Waals surface area contributed by atoms with Gasteiger partial charge in [-0.1, -0.05) is 6.92 Å². The first kappa shape index (κ1) is 14.6. The summed E-state index contributed by atoms with van der Waals surface area (Å²) in [5, 5.41) is 4.28. The van der Waals surface area contributed by atoms with E-state index in [9.17, 15) is 4.79 Å². The summed E-state index contributed by atoms with van der Waals surface area (Å²) >= 11 is 0. The van der Waals surface area contributed by atoms with Gasteiger partial charge in [0, 0.05) is 37.8 Å². The highest BCUT2D eigenvalue weighted by molar-refractivity contribution is 5.92. The quantitative estimate of drug-likeness (QED) is 0.853. The van der Waals surface area contributed by atoms with Crippen molar-refractivity contribution in [2.45, 2.75) is 39.2 Å². The zero-order chi connectivity index (χ0) is 14.9. The van der Waals surface area contributed by atoms with Crippen molar-refractivity contribution in [1.29, 1.82) is 0 Å². The van der Waals surface area contributed by atoms with Crippen LogP contribution in [-0.2, 0) is 6.54 Å². The Bertz CT molecular complexity index is 508. The fourth-order valence-corrected chi connectivity index (χ4v) is 3.94. The second-order valence-electron chi connectivity index (χ2n) is 6.76. The van der Waals surface area contributed by atoms with Crippen LogP contribution in [-0.4, -0.2) is 58.7 Å². The van der Waals surface area contributed by atoms with Crippen molar-refractivity contribution in [3.8, 4) is 0 Å².